The number of rotatable bonds is 7. The Morgan fingerprint density at radius 3 is 2.34 bits per heavy atom. The van der Waals surface area contributed by atoms with Crippen molar-refractivity contribution in [1.29, 1.82) is 0 Å². The minimum atomic E-state index is -0.268. The van der Waals surface area contributed by atoms with Gasteiger partial charge in [0.25, 0.3) is 11.8 Å². The zero-order chi connectivity index (χ0) is 24.4. The van der Waals surface area contributed by atoms with Crippen LogP contribution in [0.1, 0.15) is 32.0 Å². The van der Waals surface area contributed by atoms with Crippen molar-refractivity contribution in [3.05, 3.63) is 83.2 Å². The average molecular weight is 473 g/mol. The number of benzene rings is 2. The van der Waals surface area contributed by atoms with Gasteiger partial charge in [0.15, 0.2) is 11.5 Å². The molecule has 1 aromatic heterocycles. The normalized spacial score (nSPS) is 15.9. The van der Waals surface area contributed by atoms with Crippen LogP contribution in [0.4, 0.5) is 5.69 Å². The van der Waals surface area contributed by atoms with Crippen molar-refractivity contribution >= 4 is 17.5 Å². The van der Waals surface area contributed by atoms with Crippen LogP contribution in [-0.2, 0) is 13.1 Å². The van der Waals surface area contributed by atoms with Crippen LogP contribution in [0, 0.1) is 0 Å². The number of hydrogen-bond acceptors (Lipinski definition) is 7. The van der Waals surface area contributed by atoms with Crippen molar-refractivity contribution < 1.29 is 19.1 Å². The number of carbonyl (C=O) groups excluding carboxylic acids is 2. The van der Waals surface area contributed by atoms with Gasteiger partial charge in [0, 0.05) is 38.9 Å². The third-order valence-electron chi connectivity index (χ3n) is 6.59. The Morgan fingerprint density at radius 2 is 1.63 bits per heavy atom. The van der Waals surface area contributed by atoms with Crippen LogP contribution in [0.5, 0.6) is 11.5 Å². The van der Waals surface area contributed by atoms with Crippen molar-refractivity contribution in [2.45, 2.75) is 13.1 Å². The number of amides is 2. The Morgan fingerprint density at radius 1 is 0.829 bits per heavy atom. The highest BCUT2D eigenvalue weighted by Crippen LogP contribution is 2.34. The summed E-state index contributed by atoms with van der Waals surface area (Å²) in [4.78, 5) is 37.0. The topological polar surface area (TPSA) is 75.2 Å². The predicted octanol–water partition coefficient (Wildman–Crippen LogP) is 3.22. The maximum absolute atomic E-state index is 13.5. The second-order valence-electron chi connectivity index (χ2n) is 8.67. The molecule has 0 bridgehead atoms. The van der Waals surface area contributed by atoms with Gasteiger partial charge in [-0.1, -0.05) is 18.2 Å². The van der Waals surface area contributed by atoms with Crippen LogP contribution in [0.25, 0.3) is 0 Å². The first-order chi connectivity index (χ1) is 17.1. The average Bonchev–Trinajstić information content (AvgIpc) is 3.14. The quantitative estimate of drug-likeness (QED) is 0.489. The smallest absolute Gasteiger partial charge is 0.263 e. The van der Waals surface area contributed by atoms with Crippen molar-refractivity contribution in [2.24, 2.45) is 0 Å². The van der Waals surface area contributed by atoms with E-state index in [2.05, 4.69) is 14.8 Å². The minimum absolute atomic E-state index is 0.171. The van der Waals surface area contributed by atoms with Gasteiger partial charge in [-0.25, -0.2) is 0 Å². The Bertz CT molecular complexity index is 1240. The predicted molar refractivity (Wildman–Crippen MR) is 132 cm³/mol. The molecule has 2 aliphatic rings. The summed E-state index contributed by atoms with van der Waals surface area (Å²) in [5.74, 6) is 0.635. The van der Waals surface area contributed by atoms with E-state index >= 15 is 0 Å². The lowest BCUT2D eigenvalue weighted by molar-refractivity contribution is 0.0642. The number of nitrogens with zero attached hydrogens (tertiary/aromatic N) is 4. The SMILES string of the molecule is COc1ccc(CN2C(=O)c3cccc(N4CCN(Cc5ccccn5)CC4)c3C2=O)cc1OC. The van der Waals surface area contributed by atoms with Gasteiger partial charge in [0.05, 0.1) is 43.3 Å². The number of imide groups is 1. The molecule has 3 aromatic rings. The number of aromatic nitrogens is 1. The first-order valence-electron chi connectivity index (χ1n) is 11.7. The zero-order valence-electron chi connectivity index (χ0n) is 19.9. The fourth-order valence-electron chi connectivity index (χ4n) is 4.75. The summed E-state index contributed by atoms with van der Waals surface area (Å²) in [7, 11) is 3.13. The van der Waals surface area contributed by atoms with Gasteiger partial charge in [-0.05, 0) is 42.0 Å². The lowest BCUT2D eigenvalue weighted by Crippen LogP contribution is -2.46. The Labute approximate surface area is 204 Å². The monoisotopic (exact) mass is 472 g/mol. The number of anilines is 1. The van der Waals surface area contributed by atoms with Crippen LogP contribution in [0.3, 0.4) is 0 Å². The first-order valence-corrected chi connectivity index (χ1v) is 11.7. The van der Waals surface area contributed by atoms with E-state index in [1.807, 2.05) is 42.6 Å². The van der Waals surface area contributed by atoms with E-state index in [0.29, 0.717) is 22.6 Å². The fraction of sp³-hybridized carbons (Fsp3) is 0.296. The van der Waals surface area contributed by atoms with Gasteiger partial charge in [0.2, 0.25) is 0 Å². The van der Waals surface area contributed by atoms with Crippen molar-refractivity contribution in [1.82, 2.24) is 14.8 Å². The largest absolute Gasteiger partial charge is 0.493 e. The molecule has 0 unspecified atom stereocenters. The molecular weight excluding hydrogens is 444 g/mol. The molecule has 0 N–H and O–H groups in total. The minimum Gasteiger partial charge on any atom is -0.493 e. The number of hydrogen-bond donors (Lipinski definition) is 0. The fourth-order valence-corrected chi connectivity index (χ4v) is 4.75. The van der Waals surface area contributed by atoms with E-state index in [9.17, 15) is 9.59 Å². The highest BCUT2D eigenvalue weighted by molar-refractivity contribution is 6.23. The van der Waals surface area contributed by atoms with Crippen molar-refractivity contribution in [3.8, 4) is 11.5 Å². The van der Waals surface area contributed by atoms with Gasteiger partial charge >= 0.3 is 0 Å². The van der Waals surface area contributed by atoms with E-state index in [-0.39, 0.29) is 18.4 Å². The first kappa shape index (κ1) is 22.9. The molecule has 2 aliphatic heterocycles. The molecule has 5 rings (SSSR count). The lowest BCUT2D eigenvalue weighted by atomic mass is 10.1. The summed E-state index contributed by atoms with van der Waals surface area (Å²) >= 11 is 0. The molecule has 1 saturated heterocycles. The standard InChI is InChI=1S/C27H28N4O4/c1-34-23-10-9-19(16-24(23)35-2)17-31-26(32)21-7-5-8-22(25(21)27(31)33)30-14-12-29(13-15-30)18-20-6-3-4-11-28-20/h3-11,16H,12-15,17-18H2,1-2H3. The summed E-state index contributed by atoms with van der Waals surface area (Å²) in [5.41, 5.74) is 3.63. The number of ether oxygens (including phenoxy) is 2. The van der Waals surface area contributed by atoms with E-state index in [4.69, 9.17) is 9.47 Å². The van der Waals surface area contributed by atoms with Gasteiger partial charge in [-0.15, -0.1) is 0 Å². The van der Waals surface area contributed by atoms with Gasteiger partial charge in [-0.3, -0.25) is 24.4 Å². The highest BCUT2D eigenvalue weighted by Gasteiger charge is 2.38. The summed E-state index contributed by atoms with van der Waals surface area (Å²) in [6.07, 6.45) is 1.81. The summed E-state index contributed by atoms with van der Waals surface area (Å²) in [6, 6.07) is 16.9. The van der Waals surface area contributed by atoms with Gasteiger partial charge in [0.1, 0.15) is 0 Å². The number of methoxy groups -OCH3 is 2. The van der Waals surface area contributed by atoms with E-state index in [1.165, 1.54) is 4.90 Å². The maximum Gasteiger partial charge on any atom is 0.263 e. The molecule has 0 spiro atoms. The van der Waals surface area contributed by atoms with Crippen LogP contribution >= 0.6 is 0 Å². The highest BCUT2D eigenvalue weighted by atomic mass is 16.5. The second kappa shape index (κ2) is 9.76. The molecule has 1 fully saturated rings. The van der Waals surface area contributed by atoms with Gasteiger partial charge < -0.3 is 14.4 Å². The maximum atomic E-state index is 13.5. The summed E-state index contributed by atoms with van der Waals surface area (Å²) in [6.45, 7) is 4.25. The van der Waals surface area contributed by atoms with Gasteiger partial charge in [-0.2, -0.15) is 0 Å². The molecule has 3 heterocycles. The molecule has 0 atom stereocenters. The summed E-state index contributed by atoms with van der Waals surface area (Å²) < 4.78 is 10.7. The third-order valence-corrected chi connectivity index (χ3v) is 6.59. The molecule has 0 saturated carbocycles. The van der Waals surface area contributed by atoms with Crippen molar-refractivity contribution in [3.63, 3.8) is 0 Å². The van der Waals surface area contributed by atoms with Crippen LogP contribution in [0.15, 0.2) is 60.8 Å². The number of carbonyl (C=O) groups is 2. The molecule has 2 aromatic carbocycles. The Kier molecular flexibility index (Phi) is 6.37. The van der Waals surface area contributed by atoms with E-state index in [0.717, 1.165) is 49.7 Å². The molecule has 2 amide bonds. The molecule has 35 heavy (non-hydrogen) atoms. The van der Waals surface area contributed by atoms with Crippen LogP contribution in [0.2, 0.25) is 0 Å². The molecule has 180 valence electrons. The molecule has 0 aliphatic carbocycles. The van der Waals surface area contributed by atoms with E-state index in [1.54, 1.807) is 32.4 Å². The molecule has 8 heteroatoms. The van der Waals surface area contributed by atoms with Crippen LogP contribution in [-0.4, -0.2) is 67.0 Å². The summed E-state index contributed by atoms with van der Waals surface area (Å²) in [5, 5.41) is 0. The zero-order valence-corrected chi connectivity index (χ0v) is 19.9. The molecule has 8 nitrogen and oxygen atoms in total. The lowest BCUT2D eigenvalue weighted by Gasteiger charge is -2.36. The van der Waals surface area contributed by atoms with E-state index < -0.39 is 0 Å². The number of pyridine rings is 1. The number of fused-ring (bicyclic) bond motifs is 1. The number of piperazine rings is 1. The second-order valence-corrected chi connectivity index (χ2v) is 8.67. The molecule has 0 radical (unpaired) electrons. The van der Waals surface area contributed by atoms with Crippen LogP contribution < -0.4 is 14.4 Å². The Balaban J connectivity index is 1.32. The Hall–Kier alpha value is -3.91. The molecular formula is C27H28N4O4. The third kappa shape index (κ3) is 4.44. The van der Waals surface area contributed by atoms with Crippen molar-refractivity contribution in [2.75, 3.05) is 45.3 Å².